The standard InChI is InChI=1S/C12H11ClFN3O/c13-8-5-6(1-4-9(8)14)10-11(18)17-12(16-10)15-7-2-3-7/h1,4-5,7,10H,2-3H2,(H2,15,16,17,18). The molecule has 4 nitrogen and oxygen atoms in total. The van der Waals surface area contributed by atoms with E-state index >= 15 is 0 Å². The van der Waals surface area contributed by atoms with Crippen LogP contribution in [0, 0.1) is 5.82 Å². The molecule has 1 aliphatic heterocycles. The SMILES string of the molecule is O=C1NC(NC2CC2)=NC1c1ccc(F)c(Cl)c1. The van der Waals surface area contributed by atoms with Crippen molar-refractivity contribution in [2.24, 2.45) is 4.99 Å². The third-order valence-corrected chi connectivity index (χ3v) is 3.22. The first-order chi connectivity index (χ1) is 8.63. The number of carbonyl (C=O) groups is 1. The lowest BCUT2D eigenvalue weighted by Crippen LogP contribution is -2.37. The fraction of sp³-hybridized carbons (Fsp3) is 0.333. The fourth-order valence-corrected chi connectivity index (χ4v) is 2.00. The lowest BCUT2D eigenvalue weighted by atomic mass is 10.1. The van der Waals surface area contributed by atoms with E-state index in [1.807, 2.05) is 0 Å². The second kappa shape index (κ2) is 4.24. The largest absolute Gasteiger partial charge is 0.353 e. The summed E-state index contributed by atoms with van der Waals surface area (Å²) >= 11 is 5.70. The van der Waals surface area contributed by atoms with Crippen molar-refractivity contribution in [3.8, 4) is 0 Å². The van der Waals surface area contributed by atoms with Gasteiger partial charge in [0.25, 0.3) is 5.91 Å². The van der Waals surface area contributed by atoms with Crippen molar-refractivity contribution >= 4 is 23.5 Å². The average molecular weight is 268 g/mol. The molecule has 0 bridgehead atoms. The molecule has 1 aliphatic carbocycles. The molecule has 0 saturated heterocycles. The van der Waals surface area contributed by atoms with Crippen LogP contribution < -0.4 is 10.6 Å². The Morgan fingerprint density at radius 2 is 2.22 bits per heavy atom. The van der Waals surface area contributed by atoms with Gasteiger partial charge in [0.2, 0.25) is 0 Å². The second-order valence-electron chi connectivity index (χ2n) is 4.46. The lowest BCUT2D eigenvalue weighted by molar-refractivity contribution is -0.120. The van der Waals surface area contributed by atoms with Gasteiger partial charge in [-0.3, -0.25) is 10.1 Å². The highest BCUT2D eigenvalue weighted by molar-refractivity contribution is 6.30. The van der Waals surface area contributed by atoms with Gasteiger partial charge in [-0.25, -0.2) is 9.38 Å². The summed E-state index contributed by atoms with van der Waals surface area (Å²) in [6, 6.07) is 3.97. The van der Waals surface area contributed by atoms with Crippen LogP contribution in [0.2, 0.25) is 5.02 Å². The van der Waals surface area contributed by atoms with Gasteiger partial charge in [0.15, 0.2) is 12.0 Å². The molecule has 1 saturated carbocycles. The van der Waals surface area contributed by atoms with Gasteiger partial charge < -0.3 is 5.32 Å². The molecule has 0 spiro atoms. The molecule has 18 heavy (non-hydrogen) atoms. The highest BCUT2D eigenvalue weighted by Gasteiger charge is 2.31. The van der Waals surface area contributed by atoms with Gasteiger partial charge in [-0.2, -0.15) is 0 Å². The van der Waals surface area contributed by atoms with Crippen molar-refractivity contribution in [3.63, 3.8) is 0 Å². The normalized spacial score (nSPS) is 22.7. The predicted molar refractivity (Wildman–Crippen MR) is 65.9 cm³/mol. The Hall–Kier alpha value is -1.62. The van der Waals surface area contributed by atoms with Crippen molar-refractivity contribution in [1.82, 2.24) is 10.6 Å². The van der Waals surface area contributed by atoms with E-state index in [1.54, 1.807) is 0 Å². The Bertz CT molecular complexity index is 542. The lowest BCUT2D eigenvalue weighted by Gasteiger charge is -2.05. The smallest absolute Gasteiger partial charge is 0.256 e. The van der Waals surface area contributed by atoms with Crippen molar-refractivity contribution in [1.29, 1.82) is 0 Å². The van der Waals surface area contributed by atoms with Crippen molar-refractivity contribution < 1.29 is 9.18 Å². The molecule has 2 aliphatic rings. The maximum absolute atomic E-state index is 13.1. The monoisotopic (exact) mass is 267 g/mol. The van der Waals surface area contributed by atoms with Gasteiger partial charge in [0.05, 0.1) is 5.02 Å². The number of hydrogen-bond acceptors (Lipinski definition) is 3. The summed E-state index contributed by atoms with van der Waals surface area (Å²) < 4.78 is 13.1. The molecule has 1 unspecified atom stereocenters. The van der Waals surface area contributed by atoms with Crippen LogP contribution in [0.25, 0.3) is 0 Å². The van der Waals surface area contributed by atoms with Gasteiger partial charge >= 0.3 is 0 Å². The molecule has 94 valence electrons. The van der Waals surface area contributed by atoms with Crippen LogP contribution in [0.3, 0.4) is 0 Å². The molecule has 1 aromatic rings. The minimum absolute atomic E-state index is 0.000831. The number of halogens is 2. The number of nitrogens with one attached hydrogen (secondary N) is 2. The Labute approximate surface area is 108 Å². The van der Waals surface area contributed by atoms with Gasteiger partial charge in [-0.1, -0.05) is 17.7 Å². The van der Waals surface area contributed by atoms with E-state index in [4.69, 9.17) is 11.6 Å². The third kappa shape index (κ3) is 2.18. The van der Waals surface area contributed by atoms with E-state index in [-0.39, 0.29) is 10.9 Å². The van der Waals surface area contributed by atoms with Gasteiger partial charge in [-0.05, 0) is 30.5 Å². The van der Waals surface area contributed by atoms with E-state index in [0.29, 0.717) is 17.6 Å². The van der Waals surface area contributed by atoms with Crippen LogP contribution in [0.1, 0.15) is 24.4 Å². The number of aliphatic imine (C=N–C) groups is 1. The third-order valence-electron chi connectivity index (χ3n) is 2.93. The zero-order valence-electron chi connectivity index (χ0n) is 9.41. The summed E-state index contributed by atoms with van der Waals surface area (Å²) in [6.07, 6.45) is 2.20. The summed E-state index contributed by atoms with van der Waals surface area (Å²) in [5.74, 6) is -0.229. The maximum Gasteiger partial charge on any atom is 0.256 e. The van der Waals surface area contributed by atoms with E-state index in [0.717, 1.165) is 12.8 Å². The van der Waals surface area contributed by atoms with Crippen molar-refractivity contribution in [3.05, 3.63) is 34.6 Å². The molecule has 6 heteroatoms. The first kappa shape index (κ1) is 11.5. The summed E-state index contributed by atoms with van der Waals surface area (Å²) in [5.41, 5.74) is 0.589. The molecular weight excluding hydrogens is 257 g/mol. The van der Waals surface area contributed by atoms with Gasteiger partial charge in [0, 0.05) is 6.04 Å². The maximum atomic E-state index is 13.1. The van der Waals surface area contributed by atoms with Crippen LogP contribution in [0.15, 0.2) is 23.2 Å². The van der Waals surface area contributed by atoms with Gasteiger partial charge in [0.1, 0.15) is 5.82 Å². The van der Waals surface area contributed by atoms with E-state index < -0.39 is 11.9 Å². The second-order valence-corrected chi connectivity index (χ2v) is 4.87. The number of guanidine groups is 1. The summed E-state index contributed by atoms with van der Waals surface area (Å²) in [6.45, 7) is 0. The Morgan fingerprint density at radius 3 is 2.89 bits per heavy atom. The van der Waals surface area contributed by atoms with E-state index in [9.17, 15) is 9.18 Å². The summed E-state index contributed by atoms with van der Waals surface area (Å²) in [4.78, 5) is 16.0. The molecule has 0 aromatic heterocycles. The molecule has 1 fully saturated rings. The minimum atomic E-state index is -0.649. The summed E-state index contributed by atoms with van der Waals surface area (Å²) in [5, 5.41) is 5.79. The van der Waals surface area contributed by atoms with E-state index in [1.165, 1.54) is 18.2 Å². The molecule has 2 N–H and O–H groups in total. The number of nitrogens with zero attached hydrogens (tertiary/aromatic N) is 1. The van der Waals surface area contributed by atoms with Crippen LogP contribution in [-0.2, 0) is 4.79 Å². The van der Waals surface area contributed by atoms with Gasteiger partial charge in [-0.15, -0.1) is 0 Å². The molecule has 1 aromatic carbocycles. The molecule has 3 rings (SSSR count). The quantitative estimate of drug-likeness (QED) is 0.858. The Morgan fingerprint density at radius 1 is 1.44 bits per heavy atom. The topological polar surface area (TPSA) is 53.5 Å². The molecular formula is C12H11ClFN3O. The van der Waals surface area contributed by atoms with E-state index in [2.05, 4.69) is 15.6 Å². The van der Waals surface area contributed by atoms with Crippen LogP contribution in [0.5, 0.6) is 0 Å². The number of carbonyl (C=O) groups excluding carboxylic acids is 1. The predicted octanol–water partition coefficient (Wildman–Crippen LogP) is 1.76. The highest BCUT2D eigenvalue weighted by Crippen LogP contribution is 2.26. The zero-order chi connectivity index (χ0) is 12.7. The first-order valence-electron chi connectivity index (χ1n) is 5.73. The Balaban J connectivity index is 1.83. The minimum Gasteiger partial charge on any atom is -0.353 e. The summed E-state index contributed by atoms with van der Waals surface area (Å²) in [7, 11) is 0. The van der Waals surface area contributed by atoms with Crippen LogP contribution >= 0.6 is 11.6 Å². The highest BCUT2D eigenvalue weighted by atomic mass is 35.5. The molecule has 0 radical (unpaired) electrons. The average Bonchev–Trinajstić information content (AvgIpc) is 3.06. The fourth-order valence-electron chi connectivity index (χ4n) is 1.81. The zero-order valence-corrected chi connectivity index (χ0v) is 10.2. The van der Waals surface area contributed by atoms with Crippen LogP contribution in [-0.4, -0.2) is 17.9 Å². The number of hydrogen-bond donors (Lipinski definition) is 2. The molecule has 1 atom stereocenters. The van der Waals surface area contributed by atoms with Crippen molar-refractivity contribution in [2.45, 2.75) is 24.9 Å². The molecule has 1 heterocycles. The van der Waals surface area contributed by atoms with Crippen LogP contribution in [0.4, 0.5) is 4.39 Å². The first-order valence-corrected chi connectivity index (χ1v) is 6.11. The molecule has 1 amide bonds. The number of benzene rings is 1. The van der Waals surface area contributed by atoms with Crippen molar-refractivity contribution in [2.75, 3.05) is 0 Å². The Kier molecular flexibility index (Phi) is 2.70. The number of amides is 1. The number of rotatable bonds is 2.